The van der Waals surface area contributed by atoms with Crippen molar-refractivity contribution in [3.05, 3.63) is 83.9 Å². The summed E-state index contributed by atoms with van der Waals surface area (Å²) in [4.78, 5) is 24.8. The number of ether oxygens (including phenoxy) is 4. The first-order valence-corrected chi connectivity index (χ1v) is 9.78. The molecule has 0 aromatic heterocycles. The summed E-state index contributed by atoms with van der Waals surface area (Å²) in [7, 11) is 0. The summed E-state index contributed by atoms with van der Waals surface area (Å²) in [6.45, 7) is 1.61. The lowest BCUT2D eigenvalue weighted by Gasteiger charge is -2.15. The quantitative estimate of drug-likeness (QED) is 0.577. The number of carbonyl (C=O) groups is 2. The molecule has 0 fully saturated rings. The Morgan fingerprint density at radius 1 is 0.968 bits per heavy atom. The van der Waals surface area contributed by atoms with E-state index in [0.29, 0.717) is 23.0 Å². The summed E-state index contributed by atoms with van der Waals surface area (Å²) in [5.74, 6) is 1.20. The van der Waals surface area contributed by atoms with E-state index < -0.39 is 18.5 Å². The molecule has 0 saturated heterocycles. The molecular weight excluding hydrogens is 398 g/mol. The average Bonchev–Trinajstić information content (AvgIpc) is 3.26. The summed E-state index contributed by atoms with van der Waals surface area (Å²) in [5, 5.41) is 2.80. The summed E-state index contributed by atoms with van der Waals surface area (Å²) < 4.78 is 21.6. The van der Waals surface area contributed by atoms with Crippen LogP contribution in [0.4, 0.5) is 0 Å². The highest BCUT2D eigenvalue weighted by Crippen LogP contribution is 2.34. The Morgan fingerprint density at radius 2 is 1.71 bits per heavy atom. The van der Waals surface area contributed by atoms with Crippen LogP contribution in [0, 0.1) is 0 Å². The van der Waals surface area contributed by atoms with Crippen molar-refractivity contribution in [2.75, 3.05) is 13.4 Å². The van der Waals surface area contributed by atoms with Crippen LogP contribution in [0.25, 0.3) is 0 Å². The molecule has 3 aromatic rings. The molecule has 1 aliphatic rings. The fourth-order valence-electron chi connectivity index (χ4n) is 3.10. The van der Waals surface area contributed by atoms with Crippen molar-refractivity contribution in [3.63, 3.8) is 0 Å². The Kier molecular flexibility index (Phi) is 6.03. The van der Waals surface area contributed by atoms with E-state index in [2.05, 4.69) is 5.32 Å². The minimum atomic E-state index is -0.641. The van der Waals surface area contributed by atoms with Gasteiger partial charge in [0, 0.05) is 0 Å². The van der Waals surface area contributed by atoms with Gasteiger partial charge in [-0.25, -0.2) is 4.79 Å². The number of nitrogens with one attached hydrogen (secondary N) is 1. The van der Waals surface area contributed by atoms with Gasteiger partial charge in [0.05, 0.1) is 6.04 Å². The third-order valence-electron chi connectivity index (χ3n) is 4.69. The molecule has 7 heteroatoms. The predicted molar refractivity (Wildman–Crippen MR) is 112 cm³/mol. The second-order valence-electron chi connectivity index (χ2n) is 6.89. The van der Waals surface area contributed by atoms with Crippen LogP contribution in [0.2, 0.25) is 0 Å². The lowest BCUT2D eigenvalue weighted by Crippen LogP contribution is -2.31. The van der Waals surface area contributed by atoms with Crippen molar-refractivity contribution in [3.8, 4) is 23.0 Å². The summed E-state index contributed by atoms with van der Waals surface area (Å²) in [6, 6.07) is 21.0. The van der Waals surface area contributed by atoms with E-state index in [1.165, 1.54) is 0 Å². The van der Waals surface area contributed by atoms with E-state index in [4.69, 9.17) is 18.9 Å². The molecule has 0 aliphatic carbocycles. The van der Waals surface area contributed by atoms with E-state index in [1.807, 2.05) is 37.3 Å². The lowest BCUT2D eigenvalue weighted by molar-refractivity contribution is -0.124. The molecule has 0 radical (unpaired) electrons. The number of benzene rings is 3. The highest BCUT2D eigenvalue weighted by atomic mass is 16.7. The summed E-state index contributed by atoms with van der Waals surface area (Å²) >= 11 is 0. The molecule has 4 rings (SSSR count). The Labute approximate surface area is 179 Å². The topological polar surface area (TPSA) is 83.1 Å². The molecule has 1 N–H and O–H groups in total. The van der Waals surface area contributed by atoms with Crippen LogP contribution in [0.15, 0.2) is 72.8 Å². The Balaban J connectivity index is 1.34. The molecule has 1 heterocycles. The van der Waals surface area contributed by atoms with Gasteiger partial charge in [0.25, 0.3) is 5.91 Å². The zero-order chi connectivity index (χ0) is 21.6. The molecular formula is C24H21NO6. The minimum Gasteiger partial charge on any atom is -0.456 e. The molecule has 7 nitrogen and oxygen atoms in total. The van der Waals surface area contributed by atoms with Crippen LogP contribution in [0.1, 0.15) is 28.9 Å². The van der Waals surface area contributed by atoms with Gasteiger partial charge in [-0.05, 0) is 48.9 Å². The smallest absolute Gasteiger partial charge is 0.342 e. The Hall–Kier alpha value is -4.00. The van der Waals surface area contributed by atoms with Crippen LogP contribution in [-0.2, 0) is 9.53 Å². The predicted octanol–water partition coefficient (Wildman–Crippen LogP) is 4.24. The highest BCUT2D eigenvalue weighted by molar-refractivity contribution is 5.94. The fourth-order valence-corrected chi connectivity index (χ4v) is 3.10. The molecule has 31 heavy (non-hydrogen) atoms. The van der Waals surface area contributed by atoms with E-state index in [-0.39, 0.29) is 18.4 Å². The van der Waals surface area contributed by atoms with Crippen molar-refractivity contribution >= 4 is 11.9 Å². The van der Waals surface area contributed by atoms with Crippen molar-refractivity contribution < 1.29 is 28.5 Å². The maximum Gasteiger partial charge on any atom is 0.342 e. The first kappa shape index (κ1) is 20.3. The van der Waals surface area contributed by atoms with Gasteiger partial charge in [-0.2, -0.15) is 0 Å². The van der Waals surface area contributed by atoms with Crippen LogP contribution in [0.3, 0.4) is 0 Å². The monoisotopic (exact) mass is 419 g/mol. The highest BCUT2D eigenvalue weighted by Gasteiger charge is 2.19. The third-order valence-corrected chi connectivity index (χ3v) is 4.69. The molecule has 0 saturated carbocycles. The molecule has 0 bridgehead atoms. The van der Waals surface area contributed by atoms with Crippen molar-refractivity contribution in [2.24, 2.45) is 0 Å². The second-order valence-corrected chi connectivity index (χ2v) is 6.89. The van der Waals surface area contributed by atoms with Gasteiger partial charge < -0.3 is 24.3 Å². The number of hydrogen-bond donors (Lipinski definition) is 1. The van der Waals surface area contributed by atoms with Gasteiger partial charge in [0.15, 0.2) is 18.1 Å². The molecule has 1 unspecified atom stereocenters. The number of carbonyl (C=O) groups excluding carboxylic acids is 2. The van der Waals surface area contributed by atoms with E-state index in [0.717, 1.165) is 5.56 Å². The Bertz CT molecular complexity index is 1080. The van der Waals surface area contributed by atoms with Gasteiger partial charge in [0.1, 0.15) is 17.1 Å². The maximum atomic E-state index is 12.5. The minimum absolute atomic E-state index is 0.185. The average molecular weight is 419 g/mol. The molecule has 3 aromatic carbocycles. The zero-order valence-electron chi connectivity index (χ0n) is 16.9. The van der Waals surface area contributed by atoms with Crippen molar-refractivity contribution in [1.82, 2.24) is 5.32 Å². The third kappa shape index (κ3) is 4.95. The molecule has 1 amide bonds. The van der Waals surface area contributed by atoms with Crippen LogP contribution < -0.4 is 19.5 Å². The molecule has 1 atom stereocenters. The van der Waals surface area contributed by atoms with Crippen molar-refractivity contribution in [1.29, 1.82) is 0 Å². The fraction of sp³-hybridized carbons (Fsp3) is 0.167. The van der Waals surface area contributed by atoms with E-state index >= 15 is 0 Å². The number of fused-ring (bicyclic) bond motifs is 1. The van der Waals surface area contributed by atoms with Gasteiger partial charge in [-0.1, -0.05) is 36.4 Å². The molecule has 1 aliphatic heterocycles. The largest absolute Gasteiger partial charge is 0.456 e. The van der Waals surface area contributed by atoms with E-state index in [1.54, 1.807) is 42.5 Å². The maximum absolute atomic E-state index is 12.5. The van der Waals surface area contributed by atoms with Crippen LogP contribution in [-0.4, -0.2) is 25.3 Å². The molecule has 0 spiro atoms. The second kappa shape index (κ2) is 9.21. The van der Waals surface area contributed by atoms with Crippen LogP contribution >= 0.6 is 0 Å². The first-order chi connectivity index (χ1) is 15.1. The normalized spacial score (nSPS) is 12.7. The van der Waals surface area contributed by atoms with Crippen LogP contribution in [0.5, 0.6) is 23.0 Å². The number of esters is 1. The summed E-state index contributed by atoms with van der Waals surface area (Å²) in [6.07, 6.45) is 0. The SMILES string of the molecule is CC(NC(=O)COC(=O)c1ccccc1Oc1ccccc1)c1ccc2c(c1)OCO2. The Morgan fingerprint density at radius 3 is 2.55 bits per heavy atom. The van der Waals surface area contributed by atoms with Crippen molar-refractivity contribution in [2.45, 2.75) is 13.0 Å². The number of rotatable bonds is 7. The summed E-state index contributed by atoms with van der Waals surface area (Å²) in [5.41, 5.74) is 1.09. The van der Waals surface area contributed by atoms with E-state index in [9.17, 15) is 9.59 Å². The lowest BCUT2D eigenvalue weighted by atomic mass is 10.1. The zero-order valence-corrected chi connectivity index (χ0v) is 16.9. The van der Waals surface area contributed by atoms with Gasteiger partial charge in [-0.15, -0.1) is 0 Å². The number of amides is 1. The first-order valence-electron chi connectivity index (χ1n) is 9.78. The van der Waals surface area contributed by atoms with Gasteiger partial charge in [-0.3, -0.25) is 4.79 Å². The molecule has 158 valence electrons. The number of hydrogen-bond acceptors (Lipinski definition) is 6. The number of para-hydroxylation sites is 2. The van der Waals surface area contributed by atoms with Gasteiger partial charge in [0.2, 0.25) is 6.79 Å². The standard InChI is InChI=1S/C24H21NO6/c1-16(17-11-12-21-22(13-17)30-15-29-21)25-23(26)14-28-24(27)19-9-5-6-10-20(19)31-18-7-3-2-4-8-18/h2-13,16H,14-15H2,1H3,(H,25,26). The van der Waals surface area contributed by atoms with Gasteiger partial charge >= 0.3 is 5.97 Å².